The van der Waals surface area contributed by atoms with Gasteiger partial charge in [-0.2, -0.15) is 0 Å². The van der Waals surface area contributed by atoms with Crippen molar-refractivity contribution in [1.82, 2.24) is 15.5 Å². The van der Waals surface area contributed by atoms with Crippen molar-refractivity contribution in [2.45, 2.75) is 39.0 Å². The molecule has 176 valence electrons. The quantitative estimate of drug-likeness (QED) is 0.581. The number of fused-ring (bicyclic) bond motifs is 1. The Morgan fingerprint density at radius 3 is 2.53 bits per heavy atom. The first-order chi connectivity index (χ1) is 16.5. The standard InChI is InChI=1S/C28H31N3O3/c1-19-16-31(20(2)14-29-19)17-22-6-4-8-24(12-22)23-7-3-5-21(11-23)15-30-28(32)25-9-10-26-27(13-25)34-18-33-26/h3-13,19-20,29H,14-18H2,1-2H3,(H,30,32). The Balaban J connectivity index is 1.25. The maximum absolute atomic E-state index is 12.6. The monoisotopic (exact) mass is 457 g/mol. The number of nitrogens with one attached hydrogen (secondary N) is 2. The van der Waals surface area contributed by atoms with Crippen molar-refractivity contribution in [2.75, 3.05) is 19.9 Å². The number of benzene rings is 3. The second-order valence-electron chi connectivity index (χ2n) is 9.24. The third-order valence-corrected chi connectivity index (χ3v) is 6.55. The second kappa shape index (κ2) is 9.87. The molecule has 2 aliphatic heterocycles. The number of hydrogen-bond donors (Lipinski definition) is 2. The summed E-state index contributed by atoms with van der Waals surface area (Å²) in [4.78, 5) is 15.2. The molecule has 0 bridgehead atoms. The van der Waals surface area contributed by atoms with E-state index in [-0.39, 0.29) is 12.7 Å². The highest BCUT2D eigenvalue weighted by atomic mass is 16.7. The Hall–Kier alpha value is -3.35. The molecule has 0 radical (unpaired) electrons. The zero-order valence-corrected chi connectivity index (χ0v) is 19.7. The number of hydrogen-bond acceptors (Lipinski definition) is 5. The number of ether oxygens (including phenoxy) is 2. The highest BCUT2D eigenvalue weighted by molar-refractivity contribution is 5.94. The minimum absolute atomic E-state index is 0.134. The summed E-state index contributed by atoms with van der Waals surface area (Å²) < 4.78 is 10.7. The summed E-state index contributed by atoms with van der Waals surface area (Å²) in [5.74, 6) is 1.15. The molecule has 0 spiro atoms. The van der Waals surface area contributed by atoms with Crippen LogP contribution in [-0.2, 0) is 13.1 Å². The SMILES string of the molecule is CC1CN(Cc2cccc(-c3cccc(CNC(=O)c4ccc5c(c4)OCO5)c3)c2)C(C)CN1. The molecule has 0 saturated carbocycles. The fourth-order valence-corrected chi connectivity index (χ4v) is 4.58. The zero-order valence-electron chi connectivity index (χ0n) is 19.7. The molecule has 5 rings (SSSR count). The van der Waals surface area contributed by atoms with Gasteiger partial charge in [-0.1, -0.05) is 36.4 Å². The van der Waals surface area contributed by atoms with Gasteiger partial charge in [-0.25, -0.2) is 0 Å². The topological polar surface area (TPSA) is 62.8 Å². The lowest BCUT2D eigenvalue weighted by atomic mass is 10.00. The van der Waals surface area contributed by atoms with Crippen molar-refractivity contribution in [1.29, 1.82) is 0 Å². The van der Waals surface area contributed by atoms with Gasteiger partial charge >= 0.3 is 0 Å². The molecule has 1 amide bonds. The molecule has 2 heterocycles. The molecule has 3 aromatic carbocycles. The van der Waals surface area contributed by atoms with Gasteiger partial charge < -0.3 is 20.1 Å². The van der Waals surface area contributed by atoms with Crippen LogP contribution in [0.25, 0.3) is 11.1 Å². The molecule has 2 N–H and O–H groups in total. The van der Waals surface area contributed by atoms with E-state index in [4.69, 9.17) is 9.47 Å². The molecule has 3 aromatic rings. The fraction of sp³-hybridized carbons (Fsp3) is 0.321. The molecular weight excluding hydrogens is 426 g/mol. The summed E-state index contributed by atoms with van der Waals surface area (Å²) in [6.07, 6.45) is 0. The maximum atomic E-state index is 12.6. The van der Waals surface area contributed by atoms with Gasteiger partial charge in [0.05, 0.1) is 0 Å². The Kier molecular flexibility index (Phi) is 6.52. The summed E-state index contributed by atoms with van der Waals surface area (Å²) in [6, 6.07) is 23.4. The van der Waals surface area contributed by atoms with Crippen LogP contribution in [0, 0.1) is 0 Å². The number of rotatable bonds is 6. The number of piperazine rings is 1. The van der Waals surface area contributed by atoms with Gasteiger partial charge in [-0.05, 0) is 66.4 Å². The van der Waals surface area contributed by atoms with Crippen LogP contribution in [0.4, 0.5) is 0 Å². The van der Waals surface area contributed by atoms with Crippen LogP contribution >= 0.6 is 0 Å². The summed E-state index contributed by atoms with van der Waals surface area (Å²) in [6.45, 7) is 8.21. The highest BCUT2D eigenvalue weighted by Crippen LogP contribution is 2.32. The van der Waals surface area contributed by atoms with E-state index in [1.54, 1.807) is 18.2 Å². The third kappa shape index (κ3) is 5.08. The van der Waals surface area contributed by atoms with Crippen molar-refractivity contribution in [2.24, 2.45) is 0 Å². The summed E-state index contributed by atoms with van der Waals surface area (Å²) in [5.41, 5.74) is 5.28. The van der Waals surface area contributed by atoms with Crippen LogP contribution in [0.2, 0.25) is 0 Å². The number of carbonyl (C=O) groups excluding carboxylic acids is 1. The molecule has 0 aromatic heterocycles. The van der Waals surface area contributed by atoms with E-state index in [1.165, 1.54) is 11.1 Å². The first kappa shape index (κ1) is 22.4. The van der Waals surface area contributed by atoms with E-state index < -0.39 is 0 Å². The van der Waals surface area contributed by atoms with Gasteiger partial charge in [-0.3, -0.25) is 9.69 Å². The molecule has 2 aliphatic rings. The van der Waals surface area contributed by atoms with Crippen LogP contribution < -0.4 is 20.1 Å². The smallest absolute Gasteiger partial charge is 0.251 e. The normalized spacial score (nSPS) is 19.7. The largest absolute Gasteiger partial charge is 0.454 e. The third-order valence-electron chi connectivity index (χ3n) is 6.55. The average Bonchev–Trinajstić information content (AvgIpc) is 3.33. The molecule has 1 saturated heterocycles. The molecule has 2 unspecified atom stereocenters. The number of nitrogens with zero attached hydrogens (tertiary/aromatic N) is 1. The lowest BCUT2D eigenvalue weighted by Crippen LogP contribution is -2.53. The number of amides is 1. The van der Waals surface area contributed by atoms with E-state index in [1.807, 2.05) is 12.1 Å². The average molecular weight is 458 g/mol. The van der Waals surface area contributed by atoms with Gasteiger partial charge in [0, 0.05) is 43.8 Å². The number of carbonyl (C=O) groups is 1. The lowest BCUT2D eigenvalue weighted by molar-refractivity contribution is 0.0950. The van der Waals surface area contributed by atoms with Crippen molar-refractivity contribution < 1.29 is 14.3 Å². The van der Waals surface area contributed by atoms with E-state index in [0.29, 0.717) is 35.7 Å². The van der Waals surface area contributed by atoms with Gasteiger partial charge in [0.1, 0.15) is 0 Å². The van der Waals surface area contributed by atoms with E-state index in [2.05, 4.69) is 65.8 Å². The van der Waals surface area contributed by atoms with Crippen molar-refractivity contribution in [3.8, 4) is 22.6 Å². The molecule has 34 heavy (non-hydrogen) atoms. The van der Waals surface area contributed by atoms with Crippen molar-refractivity contribution in [3.63, 3.8) is 0 Å². The van der Waals surface area contributed by atoms with Gasteiger partial charge in [0.15, 0.2) is 11.5 Å². The van der Waals surface area contributed by atoms with Crippen LogP contribution in [0.1, 0.15) is 35.3 Å². The fourth-order valence-electron chi connectivity index (χ4n) is 4.58. The molecule has 1 fully saturated rings. The van der Waals surface area contributed by atoms with Crippen molar-refractivity contribution >= 4 is 5.91 Å². The van der Waals surface area contributed by atoms with Crippen LogP contribution in [-0.4, -0.2) is 42.8 Å². The van der Waals surface area contributed by atoms with Gasteiger partial charge in [0.25, 0.3) is 5.91 Å². The summed E-state index contributed by atoms with van der Waals surface area (Å²) >= 11 is 0. The molecule has 6 heteroatoms. The highest BCUT2D eigenvalue weighted by Gasteiger charge is 2.22. The first-order valence-electron chi connectivity index (χ1n) is 11.9. The predicted octanol–water partition coefficient (Wildman–Crippen LogP) is 4.19. The Morgan fingerprint density at radius 2 is 1.71 bits per heavy atom. The zero-order chi connectivity index (χ0) is 23.5. The lowest BCUT2D eigenvalue weighted by Gasteiger charge is -2.37. The van der Waals surface area contributed by atoms with Crippen molar-refractivity contribution in [3.05, 3.63) is 83.4 Å². The van der Waals surface area contributed by atoms with E-state index in [0.717, 1.165) is 30.8 Å². The van der Waals surface area contributed by atoms with E-state index in [9.17, 15) is 4.79 Å². The Morgan fingerprint density at radius 1 is 0.971 bits per heavy atom. The van der Waals surface area contributed by atoms with E-state index >= 15 is 0 Å². The first-order valence-corrected chi connectivity index (χ1v) is 11.9. The minimum atomic E-state index is -0.134. The van der Waals surface area contributed by atoms with Gasteiger partial charge in [-0.15, -0.1) is 0 Å². The Bertz CT molecular complexity index is 1180. The summed E-state index contributed by atoms with van der Waals surface area (Å²) in [5, 5.41) is 6.56. The molecule has 0 aliphatic carbocycles. The minimum Gasteiger partial charge on any atom is -0.454 e. The van der Waals surface area contributed by atoms with Crippen LogP contribution in [0.15, 0.2) is 66.7 Å². The maximum Gasteiger partial charge on any atom is 0.251 e. The Labute approximate surface area is 200 Å². The van der Waals surface area contributed by atoms with Gasteiger partial charge in [0.2, 0.25) is 6.79 Å². The second-order valence-corrected chi connectivity index (χ2v) is 9.24. The van der Waals surface area contributed by atoms with Crippen LogP contribution in [0.3, 0.4) is 0 Å². The van der Waals surface area contributed by atoms with Crippen LogP contribution in [0.5, 0.6) is 11.5 Å². The summed E-state index contributed by atoms with van der Waals surface area (Å²) in [7, 11) is 0. The predicted molar refractivity (Wildman–Crippen MR) is 133 cm³/mol. The molecular formula is C28H31N3O3. The molecule has 6 nitrogen and oxygen atoms in total. The molecule has 2 atom stereocenters.